The number of carbonyl (C=O) groups excluding carboxylic acids is 1. The number of rotatable bonds is 4. The Bertz CT molecular complexity index is 1050. The van der Waals surface area contributed by atoms with Crippen LogP contribution in [-0.4, -0.2) is 49.2 Å². The highest BCUT2D eigenvalue weighted by Crippen LogP contribution is 2.27. The van der Waals surface area contributed by atoms with E-state index in [1.807, 2.05) is 25.1 Å². The molecule has 2 aromatic rings. The summed E-state index contributed by atoms with van der Waals surface area (Å²) >= 11 is 0. The van der Waals surface area contributed by atoms with Crippen molar-refractivity contribution in [2.75, 3.05) is 19.6 Å². The topological polar surface area (TPSA) is 57.7 Å². The van der Waals surface area contributed by atoms with Gasteiger partial charge in [0.1, 0.15) is 0 Å². The van der Waals surface area contributed by atoms with Gasteiger partial charge in [-0.3, -0.25) is 4.79 Å². The van der Waals surface area contributed by atoms with E-state index in [0.29, 0.717) is 25.2 Å². The van der Waals surface area contributed by atoms with Gasteiger partial charge >= 0.3 is 0 Å². The molecule has 0 saturated carbocycles. The van der Waals surface area contributed by atoms with Crippen LogP contribution in [0.1, 0.15) is 48.5 Å². The summed E-state index contributed by atoms with van der Waals surface area (Å²) in [6.07, 6.45) is 5.69. The van der Waals surface area contributed by atoms with E-state index < -0.39 is 10.0 Å². The van der Waals surface area contributed by atoms with Gasteiger partial charge in [0.2, 0.25) is 10.0 Å². The predicted octanol–water partition coefficient (Wildman–Crippen LogP) is 4.18. The fraction of sp³-hybridized carbons (Fsp3) is 0.375. The van der Waals surface area contributed by atoms with E-state index in [4.69, 9.17) is 0 Å². The third-order valence-corrected chi connectivity index (χ3v) is 8.08. The summed E-state index contributed by atoms with van der Waals surface area (Å²) in [6, 6.07) is 16.7. The Morgan fingerprint density at radius 1 is 1.00 bits per heavy atom. The smallest absolute Gasteiger partial charge is 0.254 e. The number of carbonyl (C=O) groups is 1. The van der Waals surface area contributed by atoms with Crippen molar-refractivity contribution in [2.45, 2.75) is 43.5 Å². The zero-order valence-corrected chi connectivity index (χ0v) is 18.1. The van der Waals surface area contributed by atoms with E-state index in [-0.39, 0.29) is 16.8 Å². The van der Waals surface area contributed by atoms with Crippen molar-refractivity contribution < 1.29 is 13.2 Å². The predicted molar refractivity (Wildman–Crippen MR) is 119 cm³/mol. The van der Waals surface area contributed by atoms with Crippen molar-refractivity contribution in [3.05, 3.63) is 71.8 Å². The summed E-state index contributed by atoms with van der Waals surface area (Å²) in [5.74, 6) is -0.123. The normalized spacial score (nSPS) is 20.6. The Morgan fingerprint density at radius 2 is 1.80 bits per heavy atom. The van der Waals surface area contributed by atoms with Crippen LogP contribution in [-0.2, 0) is 10.0 Å². The molecule has 1 saturated heterocycles. The van der Waals surface area contributed by atoms with Crippen molar-refractivity contribution >= 4 is 21.5 Å². The second-order valence-electron chi connectivity index (χ2n) is 8.08. The Kier molecular flexibility index (Phi) is 6.06. The molecule has 0 unspecified atom stereocenters. The molecule has 0 radical (unpaired) electrons. The summed E-state index contributed by atoms with van der Waals surface area (Å²) in [5, 5.41) is 0. The molecular formula is C24H28N2O3S. The average molecular weight is 425 g/mol. The highest BCUT2D eigenvalue weighted by atomic mass is 32.2. The highest BCUT2D eigenvalue weighted by Gasteiger charge is 2.31. The molecule has 0 spiro atoms. The van der Waals surface area contributed by atoms with Crippen molar-refractivity contribution in [1.82, 2.24) is 9.21 Å². The first-order chi connectivity index (χ1) is 14.5. The van der Waals surface area contributed by atoms with Crippen molar-refractivity contribution in [2.24, 2.45) is 0 Å². The molecule has 158 valence electrons. The van der Waals surface area contributed by atoms with Gasteiger partial charge in [0.05, 0.1) is 4.90 Å². The summed E-state index contributed by atoms with van der Waals surface area (Å²) in [6.45, 7) is 3.65. The van der Waals surface area contributed by atoms with E-state index >= 15 is 0 Å². The van der Waals surface area contributed by atoms with E-state index in [9.17, 15) is 13.2 Å². The monoisotopic (exact) mass is 424 g/mol. The van der Waals surface area contributed by atoms with E-state index in [1.54, 1.807) is 27.4 Å². The van der Waals surface area contributed by atoms with Crippen molar-refractivity contribution in [3.8, 4) is 0 Å². The lowest BCUT2D eigenvalue weighted by atomic mass is 9.99. The van der Waals surface area contributed by atoms with Crippen molar-refractivity contribution in [3.63, 3.8) is 0 Å². The molecule has 6 heteroatoms. The fourth-order valence-corrected chi connectivity index (χ4v) is 6.05. The van der Waals surface area contributed by atoms with Gasteiger partial charge in [0.15, 0.2) is 0 Å². The molecule has 2 aliphatic rings. The first kappa shape index (κ1) is 20.8. The summed E-state index contributed by atoms with van der Waals surface area (Å²) < 4.78 is 27.9. The molecule has 5 nitrogen and oxygen atoms in total. The number of hydrogen-bond acceptors (Lipinski definition) is 3. The quantitative estimate of drug-likeness (QED) is 0.740. The number of amides is 1. The minimum atomic E-state index is -3.59. The first-order valence-corrected chi connectivity index (χ1v) is 12.1. The molecule has 2 aromatic carbocycles. The van der Waals surface area contributed by atoms with Crippen LogP contribution < -0.4 is 0 Å². The molecule has 0 N–H and O–H groups in total. The van der Waals surface area contributed by atoms with Crippen LogP contribution in [0, 0.1) is 0 Å². The second kappa shape index (κ2) is 8.74. The van der Waals surface area contributed by atoms with Crippen LogP contribution in [0.4, 0.5) is 0 Å². The lowest BCUT2D eigenvalue weighted by molar-refractivity contribution is 0.0772. The largest absolute Gasteiger partial charge is 0.335 e. The Morgan fingerprint density at radius 3 is 2.50 bits per heavy atom. The van der Waals surface area contributed by atoms with Gasteiger partial charge in [0, 0.05) is 31.2 Å². The minimum absolute atomic E-state index is 0.00764. The maximum absolute atomic E-state index is 13.1. The molecule has 0 aromatic heterocycles. The van der Waals surface area contributed by atoms with Gasteiger partial charge in [-0.2, -0.15) is 4.31 Å². The van der Waals surface area contributed by atoms with Gasteiger partial charge in [-0.1, -0.05) is 48.9 Å². The van der Waals surface area contributed by atoms with E-state index in [0.717, 1.165) is 25.7 Å². The lowest BCUT2D eigenvalue weighted by Gasteiger charge is -2.32. The van der Waals surface area contributed by atoms with Gasteiger partial charge in [0.25, 0.3) is 5.91 Å². The number of piperidine rings is 1. The maximum atomic E-state index is 13.1. The molecule has 30 heavy (non-hydrogen) atoms. The molecule has 1 atom stereocenters. The maximum Gasteiger partial charge on any atom is 0.254 e. The highest BCUT2D eigenvalue weighted by molar-refractivity contribution is 7.89. The Labute approximate surface area is 179 Å². The lowest BCUT2D eigenvalue weighted by Crippen LogP contribution is -2.42. The van der Waals surface area contributed by atoms with Crippen LogP contribution in [0.25, 0.3) is 5.57 Å². The first-order valence-electron chi connectivity index (χ1n) is 10.6. The average Bonchev–Trinajstić information content (AvgIpc) is 2.79. The number of benzene rings is 2. The molecular weight excluding hydrogens is 396 g/mol. The molecule has 1 amide bonds. The van der Waals surface area contributed by atoms with Gasteiger partial charge in [-0.05, 0) is 55.5 Å². The fourth-order valence-electron chi connectivity index (χ4n) is 4.30. The molecule has 0 aliphatic carbocycles. The summed E-state index contributed by atoms with van der Waals surface area (Å²) in [7, 11) is -3.59. The van der Waals surface area contributed by atoms with Crippen LogP contribution in [0.15, 0.2) is 65.6 Å². The zero-order valence-electron chi connectivity index (χ0n) is 17.3. The SMILES string of the molecule is C[C@@H]1CCCCN1S(=O)(=O)c1cccc(C(=O)N2CC=C(c3ccccc3)CC2)c1. The molecule has 2 aliphatic heterocycles. The summed E-state index contributed by atoms with van der Waals surface area (Å²) in [4.78, 5) is 15.0. The number of sulfonamides is 1. The van der Waals surface area contributed by atoms with Crippen molar-refractivity contribution in [1.29, 1.82) is 0 Å². The summed E-state index contributed by atoms with van der Waals surface area (Å²) in [5.41, 5.74) is 2.86. The number of nitrogens with zero attached hydrogens (tertiary/aromatic N) is 2. The van der Waals surface area contributed by atoms with Gasteiger partial charge in [-0.25, -0.2) is 8.42 Å². The standard InChI is InChI=1S/C24H28N2O3S/c1-19-8-5-6-15-26(19)30(28,29)23-12-7-11-22(18-23)24(27)25-16-13-21(14-17-25)20-9-3-2-4-10-20/h2-4,7,9-13,18-19H,5-6,8,14-17H2,1H3/t19-/m1/s1. The third-order valence-electron chi connectivity index (χ3n) is 6.07. The molecule has 1 fully saturated rings. The van der Waals surface area contributed by atoms with Crippen LogP contribution in [0.2, 0.25) is 0 Å². The zero-order chi connectivity index (χ0) is 21.1. The van der Waals surface area contributed by atoms with Gasteiger partial charge in [-0.15, -0.1) is 0 Å². The Hall–Kier alpha value is -2.44. The Balaban J connectivity index is 1.51. The third kappa shape index (κ3) is 4.20. The van der Waals surface area contributed by atoms with Gasteiger partial charge < -0.3 is 4.90 Å². The second-order valence-corrected chi connectivity index (χ2v) is 9.98. The van der Waals surface area contributed by atoms with E-state index in [1.165, 1.54) is 17.2 Å². The molecule has 2 heterocycles. The van der Waals surface area contributed by atoms with Crippen LogP contribution >= 0.6 is 0 Å². The van der Waals surface area contributed by atoms with E-state index in [2.05, 4.69) is 18.2 Å². The van der Waals surface area contributed by atoms with Crippen LogP contribution in [0.5, 0.6) is 0 Å². The minimum Gasteiger partial charge on any atom is -0.335 e. The molecule has 0 bridgehead atoms. The molecule has 4 rings (SSSR count). The van der Waals surface area contributed by atoms with Crippen LogP contribution in [0.3, 0.4) is 0 Å². The number of hydrogen-bond donors (Lipinski definition) is 0.